The molecular weight excluding hydrogens is 217 g/mol. The number of hydrogen-bond acceptors (Lipinski definition) is 1. The second kappa shape index (κ2) is 5.13. The van der Waals surface area contributed by atoms with Crippen LogP contribution >= 0.6 is 0 Å². The van der Waals surface area contributed by atoms with Gasteiger partial charge in [0, 0.05) is 29.1 Å². The Kier molecular flexibility index (Phi) is 3.57. The minimum atomic E-state index is -0.331. The summed E-state index contributed by atoms with van der Waals surface area (Å²) in [5.41, 5.74) is 1.16. The van der Waals surface area contributed by atoms with Crippen molar-refractivity contribution in [2.45, 2.75) is 32.6 Å². The topological polar surface area (TPSA) is 32.9 Å². The Hall–Kier alpha value is -1.64. The summed E-state index contributed by atoms with van der Waals surface area (Å²) in [6.45, 7) is 2.09. The van der Waals surface area contributed by atoms with Gasteiger partial charge in [0.25, 0.3) is 0 Å². The van der Waals surface area contributed by atoms with E-state index in [9.17, 15) is 9.18 Å². The number of benzene rings is 1. The number of hydrogen-bond donors (Lipinski definition) is 1. The first-order valence-electron chi connectivity index (χ1n) is 6.03. The zero-order valence-corrected chi connectivity index (χ0v) is 9.92. The van der Waals surface area contributed by atoms with Crippen molar-refractivity contribution in [1.82, 2.24) is 4.98 Å². The largest absolute Gasteiger partial charge is 0.360 e. The second-order valence-electron chi connectivity index (χ2n) is 4.25. The number of rotatable bonds is 5. The number of aromatic nitrogens is 1. The molecule has 0 saturated heterocycles. The number of ketones is 1. The molecule has 1 N–H and O–H groups in total. The van der Waals surface area contributed by atoms with Crippen LogP contribution in [-0.4, -0.2) is 10.8 Å². The number of H-pyrrole nitrogens is 1. The van der Waals surface area contributed by atoms with E-state index in [2.05, 4.69) is 11.9 Å². The van der Waals surface area contributed by atoms with E-state index in [1.54, 1.807) is 18.3 Å². The van der Waals surface area contributed by atoms with Gasteiger partial charge in [-0.2, -0.15) is 0 Å². The van der Waals surface area contributed by atoms with Crippen LogP contribution in [0.1, 0.15) is 43.0 Å². The van der Waals surface area contributed by atoms with E-state index < -0.39 is 0 Å². The van der Waals surface area contributed by atoms with Gasteiger partial charge >= 0.3 is 0 Å². The van der Waals surface area contributed by atoms with Crippen molar-refractivity contribution in [2.24, 2.45) is 0 Å². The molecule has 2 nitrogen and oxygen atoms in total. The van der Waals surface area contributed by atoms with Crippen LogP contribution in [0.3, 0.4) is 0 Å². The zero-order chi connectivity index (χ0) is 12.3. The van der Waals surface area contributed by atoms with Gasteiger partial charge in [-0.3, -0.25) is 4.79 Å². The van der Waals surface area contributed by atoms with Crippen LogP contribution in [0.15, 0.2) is 24.4 Å². The summed E-state index contributed by atoms with van der Waals surface area (Å²) in [6, 6.07) is 4.81. The lowest BCUT2D eigenvalue weighted by molar-refractivity contribution is 0.0980. The Morgan fingerprint density at radius 3 is 2.94 bits per heavy atom. The summed E-state index contributed by atoms with van der Waals surface area (Å²) < 4.78 is 13.7. The Morgan fingerprint density at radius 1 is 1.35 bits per heavy atom. The number of carbonyl (C=O) groups is 1. The van der Waals surface area contributed by atoms with Gasteiger partial charge in [0.15, 0.2) is 5.78 Å². The van der Waals surface area contributed by atoms with Crippen molar-refractivity contribution >= 4 is 16.7 Å². The van der Waals surface area contributed by atoms with Crippen LogP contribution in [0.4, 0.5) is 4.39 Å². The van der Waals surface area contributed by atoms with Crippen LogP contribution in [0.2, 0.25) is 0 Å². The summed E-state index contributed by atoms with van der Waals surface area (Å²) in [5, 5.41) is 0.425. The smallest absolute Gasteiger partial charge is 0.165 e. The van der Waals surface area contributed by atoms with Gasteiger partial charge in [0.1, 0.15) is 5.82 Å². The highest BCUT2D eigenvalue weighted by molar-refractivity contribution is 6.07. The molecule has 0 aliphatic rings. The SMILES string of the molecule is CCCCCC(=O)c1c[nH]c2cccc(F)c12. The highest BCUT2D eigenvalue weighted by atomic mass is 19.1. The van der Waals surface area contributed by atoms with Crippen molar-refractivity contribution in [3.8, 4) is 0 Å². The van der Waals surface area contributed by atoms with Gasteiger partial charge in [0.2, 0.25) is 0 Å². The number of Topliss-reactive ketones (excluding diaryl/α,β-unsaturated/α-hetero) is 1. The van der Waals surface area contributed by atoms with Gasteiger partial charge in [0.05, 0.1) is 0 Å². The summed E-state index contributed by atoms with van der Waals surface area (Å²) in [6.07, 6.45) is 5.10. The Bertz CT molecular complexity index is 530. The fraction of sp³-hybridized carbons (Fsp3) is 0.357. The summed E-state index contributed by atoms with van der Waals surface area (Å²) in [5.74, 6) is -0.308. The number of nitrogens with one attached hydrogen (secondary N) is 1. The maximum atomic E-state index is 13.7. The maximum absolute atomic E-state index is 13.7. The number of halogens is 1. The first-order valence-corrected chi connectivity index (χ1v) is 6.03. The minimum absolute atomic E-state index is 0.0230. The molecule has 0 aliphatic heterocycles. The lowest BCUT2D eigenvalue weighted by Gasteiger charge is -1.99. The standard InChI is InChI=1S/C14H16FNO/c1-2-3-4-8-13(17)10-9-16-12-7-5-6-11(15)14(10)12/h5-7,9,16H,2-4,8H2,1H3. The van der Waals surface area contributed by atoms with Crippen LogP contribution in [-0.2, 0) is 0 Å². The molecule has 0 saturated carbocycles. The number of unbranched alkanes of at least 4 members (excludes halogenated alkanes) is 2. The third-order valence-electron chi connectivity index (χ3n) is 2.96. The van der Waals surface area contributed by atoms with E-state index in [-0.39, 0.29) is 11.6 Å². The molecule has 0 radical (unpaired) electrons. The van der Waals surface area contributed by atoms with E-state index in [1.165, 1.54) is 6.07 Å². The van der Waals surface area contributed by atoms with Crippen molar-refractivity contribution in [3.63, 3.8) is 0 Å². The highest BCUT2D eigenvalue weighted by Crippen LogP contribution is 2.23. The van der Waals surface area contributed by atoms with E-state index >= 15 is 0 Å². The van der Waals surface area contributed by atoms with Crippen LogP contribution in [0, 0.1) is 5.82 Å². The molecule has 0 fully saturated rings. The molecule has 2 rings (SSSR count). The molecule has 90 valence electrons. The Balaban J connectivity index is 2.26. The van der Waals surface area contributed by atoms with Gasteiger partial charge in [-0.15, -0.1) is 0 Å². The van der Waals surface area contributed by atoms with Crippen LogP contribution in [0.5, 0.6) is 0 Å². The van der Waals surface area contributed by atoms with E-state index in [0.717, 1.165) is 19.3 Å². The third-order valence-corrected chi connectivity index (χ3v) is 2.96. The molecule has 17 heavy (non-hydrogen) atoms. The minimum Gasteiger partial charge on any atom is -0.360 e. The average Bonchev–Trinajstić information content (AvgIpc) is 2.74. The summed E-state index contributed by atoms with van der Waals surface area (Å²) in [7, 11) is 0. The van der Waals surface area contributed by atoms with Crippen LogP contribution in [0.25, 0.3) is 10.9 Å². The molecule has 0 unspecified atom stereocenters. The monoisotopic (exact) mass is 233 g/mol. The molecule has 2 aromatic rings. The molecule has 1 heterocycles. The molecular formula is C14H16FNO. The molecule has 1 aromatic heterocycles. The van der Waals surface area contributed by atoms with Gasteiger partial charge in [-0.05, 0) is 18.6 Å². The number of aromatic amines is 1. The lowest BCUT2D eigenvalue weighted by atomic mass is 10.0. The van der Waals surface area contributed by atoms with Crippen molar-refractivity contribution in [1.29, 1.82) is 0 Å². The quantitative estimate of drug-likeness (QED) is 0.612. The maximum Gasteiger partial charge on any atom is 0.165 e. The predicted octanol–water partition coefficient (Wildman–Crippen LogP) is 4.07. The molecule has 1 aromatic carbocycles. The first-order chi connectivity index (χ1) is 8.24. The summed E-state index contributed by atoms with van der Waals surface area (Å²) >= 11 is 0. The molecule has 0 bridgehead atoms. The van der Waals surface area contributed by atoms with Crippen molar-refractivity contribution < 1.29 is 9.18 Å². The average molecular weight is 233 g/mol. The second-order valence-corrected chi connectivity index (χ2v) is 4.25. The van der Waals surface area contributed by atoms with Crippen molar-refractivity contribution in [2.75, 3.05) is 0 Å². The van der Waals surface area contributed by atoms with Crippen molar-refractivity contribution in [3.05, 3.63) is 35.8 Å². The van der Waals surface area contributed by atoms with Gasteiger partial charge < -0.3 is 4.98 Å². The highest BCUT2D eigenvalue weighted by Gasteiger charge is 2.14. The van der Waals surface area contributed by atoms with Crippen LogP contribution < -0.4 is 0 Å². The van der Waals surface area contributed by atoms with Gasteiger partial charge in [-0.1, -0.05) is 25.8 Å². The lowest BCUT2D eigenvalue weighted by Crippen LogP contribution is -1.98. The molecule has 0 aliphatic carbocycles. The predicted molar refractivity (Wildman–Crippen MR) is 66.7 cm³/mol. The fourth-order valence-corrected chi connectivity index (χ4v) is 2.03. The van der Waals surface area contributed by atoms with E-state index in [4.69, 9.17) is 0 Å². The van der Waals surface area contributed by atoms with E-state index in [1.807, 2.05) is 0 Å². The first kappa shape index (κ1) is 11.8. The Morgan fingerprint density at radius 2 is 2.18 bits per heavy atom. The molecule has 0 amide bonds. The van der Waals surface area contributed by atoms with Gasteiger partial charge in [-0.25, -0.2) is 4.39 Å². The molecule has 3 heteroatoms. The zero-order valence-electron chi connectivity index (χ0n) is 9.92. The fourth-order valence-electron chi connectivity index (χ4n) is 2.03. The normalized spacial score (nSPS) is 10.9. The molecule has 0 atom stereocenters. The number of carbonyl (C=O) groups excluding carboxylic acids is 1. The third kappa shape index (κ3) is 2.38. The molecule has 0 spiro atoms. The summed E-state index contributed by atoms with van der Waals surface area (Å²) in [4.78, 5) is 14.9. The Labute approximate surface area is 99.8 Å². The number of fused-ring (bicyclic) bond motifs is 1. The van der Waals surface area contributed by atoms with E-state index in [0.29, 0.717) is 22.9 Å².